The topological polar surface area (TPSA) is 50.8 Å². The zero-order valence-corrected chi connectivity index (χ0v) is 18.4. The largest absolute Gasteiger partial charge is 0.497 e. The summed E-state index contributed by atoms with van der Waals surface area (Å²) in [5, 5.41) is 3.09. The van der Waals surface area contributed by atoms with Gasteiger partial charge >= 0.3 is 0 Å². The Labute approximate surface area is 180 Å². The number of rotatable bonds is 8. The molecular weight excluding hydrogens is 376 g/mol. The first kappa shape index (κ1) is 22.2. The van der Waals surface area contributed by atoms with E-state index >= 15 is 0 Å². The first-order valence-corrected chi connectivity index (χ1v) is 10.9. The van der Waals surface area contributed by atoms with Gasteiger partial charge < -0.3 is 14.8 Å². The molecule has 0 bridgehead atoms. The van der Waals surface area contributed by atoms with Crippen molar-refractivity contribution in [2.45, 2.75) is 45.6 Å². The van der Waals surface area contributed by atoms with Gasteiger partial charge in [-0.15, -0.1) is 0 Å². The van der Waals surface area contributed by atoms with Crippen molar-refractivity contribution < 1.29 is 14.3 Å². The molecule has 5 heteroatoms. The monoisotopic (exact) mass is 410 g/mol. The zero-order chi connectivity index (χ0) is 21.3. The first-order valence-electron chi connectivity index (χ1n) is 10.9. The van der Waals surface area contributed by atoms with E-state index in [4.69, 9.17) is 9.47 Å². The van der Waals surface area contributed by atoms with Gasteiger partial charge in [0, 0.05) is 6.54 Å². The number of amides is 1. The maximum Gasteiger partial charge on any atom is 0.258 e. The van der Waals surface area contributed by atoms with Gasteiger partial charge in [-0.05, 0) is 80.7 Å². The average Bonchev–Trinajstić information content (AvgIpc) is 3.02. The summed E-state index contributed by atoms with van der Waals surface area (Å²) in [7, 11) is 1.68. The number of carbonyl (C=O) groups is 1. The van der Waals surface area contributed by atoms with E-state index < -0.39 is 0 Å². The highest BCUT2D eigenvalue weighted by Gasteiger charge is 2.22. The van der Waals surface area contributed by atoms with Crippen molar-refractivity contribution in [3.8, 4) is 11.5 Å². The second-order valence-corrected chi connectivity index (χ2v) is 8.16. The summed E-state index contributed by atoms with van der Waals surface area (Å²) in [5.41, 5.74) is 3.46. The highest BCUT2D eigenvalue weighted by Crippen LogP contribution is 2.25. The molecule has 1 aliphatic rings. The van der Waals surface area contributed by atoms with Crippen molar-refractivity contribution in [1.82, 2.24) is 10.2 Å². The fourth-order valence-electron chi connectivity index (χ4n) is 4.12. The summed E-state index contributed by atoms with van der Waals surface area (Å²) in [6.45, 7) is 6.78. The van der Waals surface area contributed by atoms with Crippen molar-refractivity contribution in [3.63, 3.8) is 0 Å². The number of methoxy groups -OCH3 is 1. The third kappa shape index (κ3) is 6.49. The van der Waals surface area contributed by atoms with E-state index in [2.05, 4.69) is 28.4 Å². The second kappa shape index (κ2) is 11.0. The highest BCUT2D eigenvalue weighted by atomic mass is 16.5. The minimum atomic E-state index is -0.0949. The lowest BCUT2D eigenvalue weighted by atomic mass is 10.0. The molecule has 0 aliphatic carbocycles. The Kier molecular flexibility index (Phi) is 8.14. The van der Waals surface area contributed by atoms with Crippen LogP contribution in [0.2, 0.25) is 0 Å². The normalized spacial score (nSPS) is 15.8. The maximum atomic E-state index is 12.5. The number of ether oxygens (including phenoxy) is 2. The Morgan fingerprint density at radius 1 is 0.967 bits per heavy atom. The van der Waals surface area contributed by atoms with Crippen molar-refractivity contribution in [2.75, 3.05) is 33.4 Å². The van der Waals surface area contributed by atoms with Gasteiger partial charge in [0.1, 0.15) is 11.5 Å². The van der Waals surface area contributed by atoms with Crippen LogP contribution >= 0.6 is 0 Å². The van der Waals surface area contributed by atoms with Gasteiger partial charge in [-0.1, -0.05) is 31.0 Å². The van der Waals surface area contributed by atoms with Crippen LogP contribution in [-0.2, 0) is 4.79 Å². The molecule has 1 saturated heterocycles. The zero-order valence-electron chi connectivity index (χ0n) is 18.4. The Bertz CT molecular complexity index is 791. The number of hydrogen-bond acceptors (Lipinski definition) is 4. The summed E-state index contributed by atoms with van der Waals surface area (Å²) >= 11 is 0. The van der Waals surface area contributed by atoms with Crippen LogP contribution in [0.15, 0.2) is 42.5 Å². The van der Waals surface area contributed by atoms with Crippen LogP contribution in [0.3, 0.4) is 0 Å². The van der Waals surface area contributed by atoms with Crippen LogP contribution in [0.25, 0.3) is 0 Å². The van der Waals surface area contributed by atoms with Crippen LogP contribution < -0.4 is 14.8 Å². The second-order valence-electron chi connectivity index (χ2n) is 8.16. The van der Waals surface area contributed by atoms with Crippen LogP contribution in [0.4, 0.5) is 0 Å². The molecule has 0 unspecified atom stereocenters. The van der Waals surface area contributed by atoms with Crippen molar-refractivity contribution in [1.29, 1.82) is 0 Å². The van der Waals surface area contributed by atoms with Gasteiger partial charge in [0.25, 0.3) is 5.91 Å². The number of benzene rings is 2. The molecule has 0 spiro atoms. The lowest BCUT2D eigenvalue weighted by Crippen LogP contribution is -2.40. The predicted octanol–water partition coefficient (Wildman–Crippen LogP) is 4.42. The fraction of sp³-hybridized carbons (Fsp3) is 0.480. The van der Waals surface area contributed by atoms with E-state index in [-0.39, 0.29) is 18.6 Å². The molecular formula is C25H34N2O3. The molecule has 1 N–H and O–H groups in total. The lowest BCUT2D eigenvalue weighted by molar-refractivity contribution is -0.123. The third-order valence-electron chi connectivity index (χ3n) is 5.64. The molecule has 2 aromatic carbocycles. The summed E-state index contributed by atoms with van der Waals surface area (Å²) in [5.74, 6) is 1.49. The standard InChI is InChI=1S/C25H34N2O3/c1-19-14-20(2)16-23(15-19)30-18-25(28)26-17-24(27-12-6-4-5-7-13-27)21-8-10-22(29-3)11-9-21/h8-11,14-16,24H,4-7,12-13,17-18H2,1-3H3,(H,26,28)/t24-/m1/s1. The van der Waals surface area contributed by atoms with E-state index in [9.17, 15) is 4.79 Å². The number of likely N-dealkylation sites (tertiary alicyclic amines) is 1. The molecule has 1 heterocycles. The van der Waals surface area contributed by atoms with Crippen molar-refractivity contribution in [2.24, 2.45) is 0 Å². The molecule has 30 heavy (non-hydrogen) atoms. The summed E-state index contributed by atoms with van der Waals surface area (Å²) in [4.78, 5) is 15.0. The van der Waals surface area contributed by atoms with Gasteiger partial charge in [0.15, 0.2) is 6.61 Å². The fourth-order valence-corrected chi connectivity index (χ4v) is 4.12. The molecule has 3 rings (SSSR count). The molecule has 1 fully saturated rings. The Morgan fingerprint density at radius 3 is 2.20 bits per heavy atom. The maximum absolute atomic E-state index is 12.5. The number of carbonyl (C=O) groups excluding carboxylic acids is 1. The molecule has 0 aromatic heterocycles. The third-order valence-corrected chi connectivity index (χ3v) is 5.64. The minimum Gasteiger partial charge on any atom is -0.497 e. The van der Waals surface area contributed by atoms with Gasteiger partial charge in [0.2, 0.25) is 0 Å². The first-order chi connectivity index (χ1) is 14.5. The molecule has 5 nitrogen and oxygen atoms in total. The number of aryl methyl sites for hydroxylation is 2. The SMILES string of the molecule is COc1ccc([C@@H](CNC(=O)COc2cc(C)cc(C)c2)N2CCCCCC2)cc1. The minimum absolute atomic E-state index is 0.0260. The number of nitrogens with one attached hydrogen (secondary N) is 1. The van der Waals surface area contributed by atoms with Crippen LogP contribution in [0, 0.1) is 13.8 Å². The number of nitrogens with zero attached hydrogens (tertiary/aromatic N) is 1. The highest BCUT2D eigenvalue weighted by molar-refractivity contribution is 5.77. The average molecular weight is 411 g/mol. The number of hydrogen-bond donors (Lipinski definition) is 1. The van der Waals surface area contributed by atoms with Gasteiger partial charge in [-0.3, -0.25) is 9.69 Å². The molecule has 1 amide bonds. The molecule has 0 saturated carbocycles. The Balaban J connectivity index is 1.62. The molecule has 0 radical (unpaired) electrons. The molecule has 1 aliphatic heterocycles. The van der Waals surface area contributed by atoms with Gasteiger partial charge in [-0.2, -0.15) is 0 Å². The summed E-state index contributed by atoms with van der Waals surface area (Å²) < 4.78 is 11.0. The molecule has 162 valence electrons. The molecule has 1 atom stereocenters. The van der Waals surface area contributed by atoms with Crippen LogP contribution in [0.1, 0.15) is 48.4 Å². The van der Waals surface area contributed by atoms with E-state index in [1.165, 1.54) is 31.2 Å². The quantitative estimate of drug-likeness (QED) is 0.700. The summed E-state index contributed by atoms with van der Waals surface area (Å²) in [6, 6.07) is 14.3. The summed E-state index contributed by atoms with van der Waals surface area (Å²) in [6.07, 6.45) is 4.97. The van der Waals surface area contributed by atoms with E-state index in [0.29, 0.717) is 6.54 Å². The van der Waals surface area contributed by atoms with E-state index in [1.807, 2.05) is 38.1 Å². The predicted molar refractivity (Wildman–Crippen MR) is 120 cm³/mol. The Morgan fingerprint density at radius 2 is 1.60 bits per heavy atom. The Hall–Kier alpha value is -2.53. The molecule has 2 aromatic rings. The van der Waals surface area contributed by atoms with Crippen molar-refractivity contribution >= 4 is 5.91 Å². The van der Waals surface area contributed by atoms with E-state index in [1.54, 1.807) is 7.11 Å². The van der Waals surface area contributed by atoms with Gasteiger partial charge in [0.05, 0.1) is 13.2 Å². The van der Waals surface area contributed by atoms with Crippen LogP contribution in [0.5, 0.6) is 11.5 Å². The smallest absolute Gasteiger partial charge is 0.258 e. The van der Waals surface area contributed by atoms with Gasteiger partial charge in [-0.25, -0.2) is 0 Å². The van der Waals surface area contributed by atoms with Crippen molar-refractivity contribution in [3.05, 3.63) is 59.2 Å². The lowest BCUT2D eigenvalue weighted by Gasteiger charge is -2.31. The van der Waals surface area contributed by atoms with Crippen LogP contribution in [-0.4, -0.2) is 44.2 Å². The van der Waals surface area contributed by atoms with E-state index in [0.717, 1.165) is 35.7 Å².